The molecule has 31 heavy (non-hydrogen) atoms. The quantitative estimate of drug-likeness (QED) is 0.275. The van der Waals surface area contributed by atoms with Crippen molar-refractivity contribution in [3.8, 4) is 11.3 Å². The molecule has 0 aliphatic carbocycles. The second-order valence-corrected chi connectivity index (χ2v) is 8.34. The average molecular weight is 477 g/mol. The maximum Gasteiger partial charge on any atom is 0.339 e. The standard InChI is InChI=1S/C25H21BrN2O3/c1-15-11-20(16(2)28(15)3)24(29)14-31-25(30)21-13-23(17-7-6-8-18(26)12-17)27-22-10-5-4-9-19(21)22/h4-13H,14H2,1-3H3. The summed E-state index contributed by atoms with van der Waals surface area (Å²) in [6.45, 7) is 3.50. The molecular weight excluding hydrogens is 456 g/mol. The zero-order chi connectivity index (χ0) is 22.1. The number of nitrogens with zero attached hydrogens (tertiary/aromatic N) is 2. The summed E-state index contributed by atoms with van der Waals surface area (Å²) in [5.41, 5.74) is 5.01. The number of Topliss-reactive ketones (excluding diaryl/α,β-unsaturated/α-hetero) is 1. The van der Waals surface area contributed by atoms with Crippen molar-refractivity contribution >= 4 is 38.6 Å². The number of hydrogen-bond acceptors (Lipinski definition) is 4. The van der Waals surface area contributed by atoms with E-state index in [0.717, 1.165) is 21.4 Å². The molecule has 0 aliphatic rings. The Morgan fingerprint density at radius 2 is 1.77 bits per heavy atom. The van der Waals surface area contributed by atoms with Crippen LogP contribution >= 0.6 is 15.9 Å². The highest BCUT2D eigenvalue weighted by Crippen LogP contribution is 2.27. The zero-order valence-corrected chi connectivity index (χ0v) is 19.1. The van der Waals surface area contributed by atoms with Gasteiger partial charge >= 0.3 is 5.97 Å². The van der Waals surface area contributed by atoms with Crippen LogP contribution in [0.15, 0.2) is 65.1 Å². The van der Waals surface area contributed by atoms with Crippen LogP contribution in [0.5, 0.6) is 0 Å². The number of carbonyl (C=O) groups excluding carboxylic acids is 2. The van der Waals surface area contributed by atoms with Gasteiger partial charge in [-0.1, -0.05) is 46.3 Å². The van der Waals surface area contributed by atoms with Crippen LogP contribution in [0.1, 0.15) is 32.1 Å². The number of carbonyl (C=O) groups is 2. The molecule has 0 fully saturated rings. The smallest absolute Gasteiger partial charge is 0.339 e. The lowest BCUT2D eigenvalue weighted by Crippen LogP contribution is -2.15. The van der Waals surface area contributed by atoms with E-state index in [1.807, 2.05) is 80.1 Å². The molecule has 2 heterocycles. The normalized spacial score (nSPS) is 11.0. The van der Waals surface area contributed by atoms with Gasteiger partial charge in [-0.2, -0.15) is 0 Å². The molecule has 6 heteroatoms. The summed E-state index contributed by atoms with van der Waals surface area (Å²) in [5.74, 6) is -0.770. The largest absolute Gasteiger partial charge is 0.454 e. The van der Waals surface area contributed by atoms with Crippen LogP contribution in [0.3, 0.4) is 0 Å². The van der Waals surface area contributed by atoms with Gasteiger partial charge in [0.25, 0.3) is 0 Å². The average Bonchev–Trinajstić information content (AvgIpc) is 3.03. The molecule has 0 saturated carbocycles. The minimum Gasteiger partial charge on any atom is -0.454 e. The summed E-state index contributed by atoms with van der Waals surface area (Å²) in [4.78, 5) is 30.3. The van der Waals surface area contributed by atoms with Gasteiger partial charge in [0.05, 0.1) is 16.8 Å². The van der Waals surface area contributed by atoms with Gasteiger partial charge < -0.3 is 9.30 Å². The molecule has 0 amide bonds. The Balaban J connectivity index is 1.65. The molecule has 0 aliphatic heterocycles. The van der Waals surface area contributed by atoms with Crippen molar-refractivity contribution in [1.29, 1.82) is 0 Å². The highest BCUT2D eigenvalue weighted by molar-refractivity contribution is 9.10. The van der Waals surface area contributed by atoms with E-state index in [4.69, 9.17) is 9.72 Å². The Morgan fingerprint density at radius 1 is 1.00 bits per heavy atom. The van der Waals surface area contributed by atoms with Crippen molar-refractivity contribution < 1.29 is 14.3 Å². The van der Waals surface area contributed by atoms with Gasteiger partial charge in [0, 0.05) is 39.4 Å². The number of halogens is 1. The van der Waals surface area contributed by atoms with Crippen LogP contribution in [0, 0.1) is 13.8 Å². The summed E-state index contributed by atoms with van der Waals surface area (Å²) in [6, 6.07) is 18.7. The predicted octanol–water partition coefficient (Wildman–Crippen LogP) is 5.66. The van der Waals surface area contributed by atoms with E-state index in [0.29, 0.717) is 27.7 Å². The van der Waals surface area contributed by atoms with Crippen LogP contribution in [-0.4, -0.2) is 27.9 Å². The Bertz CT molecular complexity index is 1320. The van der Waals surface area contributed by atoms with E-state index in [2.05, 4.69) is 15.9 Å². The molecule has 0 bridgehead atoms. The molecule has 5 nitrogen and oxygen atoms in total. The fourth-order valence-electron chi connectivity index (χ4n) is 3.56. The number of para-hydroxylation sites is 1. The van der Waals surface area contributed by atoms with E-state index in [-0.39, 0.29) is 12.4 Å². The first-order valence-electron chi connectivity index (χ1n) is 9.84. The van der Waals surface area contributed by atoms with E-state index < -0.39 is 5.97 Å². The van der Waals surface area contributed by atoms with Crippen LogP contribution in [0.2, 0.25) is 0 Å². The van der Waals surface area contributed by atoms with Gasteiger partial charge in [0.1, 0.15) is 0 Å². The molecule has 2 aromatic heterocycles. The van der Waals surface area contributed by atoms with Crippen molar-refractivity contribution in [2.24, 2.45) is 7.05 Å². The fraction of sp³-hybridized carbons (Fsp3) is 0.160. The molecule has 0 spiro atoms. The molecule has 0 atom stereocenters. The lowest BCUT2D eigenvalue weighted by Gasteiger charge is -2.10. The summed E-state index contributed by atoms with van der Waals surface area (Å²) in [7, 11) is 1.90. The van der Waals surface area contributed by atoms with Crippen LogP contribution in [0.4, 0.5) is 0 Å². The predicted molar refractivity (Wildman–Crippen MR) is 124 cm³/mol. The molecule has 0 unspecified atom stereocenters. The topological polar surface area (TPSA) is 61.2 Å². The van der Waals surface area contributed by atoms with Crippen LogP contribution < -0.4 is 0 Å². The zero-order valence-electron chi connectivity index (χ0n) is 17.5. The number of rotatable bonds is 5. The summed E-state index contributed by atoms with van der Waals surface area (Å²) >= 11 is 3.47. The number of ether oxygens (including phenoxy) is 1. The van der Waals surface area contributed by atoms with E-state index in [1.54, 1.807) is 6.07 Å². The van der Waals surface area contributed by atoms with Crippen molar-refractivity contribution in [3.63, 3.8) is 0 Å². The maximum atomic E-state index is 13.0. The summed E-state index contributed by atoms with van der Waals surface area (Å²) < 4.78 is 8.30. The third-order valence-corrected chi connectivity index (χ3v) is 5.96. The Hall–Kier alpha value is -3.25. The fourth-order valence-corrected chi connectivity index (χ4v) is 3.96. The van der Waals surface area contributed by atoms with Gasteiger partial charge in [-0.15, -0.1) is 0 Å². The number of pyridine rings is 1. The monoisotopic (exact) mass is 476 g/mol. The van der Waals surface area contributed by atoms with E-state index in [1.165, 1.54) is 0 Å². The molecule has 4 rings (SSSR count). The van der Waals surface area contributed by atoms with Gasteiger partial charge in [0.15, 0.2) is 6.61 Å². The second kappa shape index (κ2) is 8.47. The second-order valence-electron chi connectivity index (χ2n) is 7.43. The number of ketones is 1. The van der Waals surface area contributed by atoms with Crippen molar-refractivity contribution in [3.05, 3.63) is 87.7 Å². The minimum absolute atomic E-state index is 0.222. The SMILES string of the molecule is Cc1cc(C(=O)COC(=O)c2cc(-c3cccc(Br)c3)nc3ccccc23)c(C)n1C. The highest BCUT2D eigenvalue weighted by atomic mass is 79.9. The van der Waals surface area contributed by atoms with Crippen molar-refractivity contribution in [2.45, 2.75) is 13.8 Å². The Morgan fingerprint density at radius 3 is 2.48 bits per heavy atom. The molecular formula is C25H21BrN2O3. The third-order valence-electron chi connectivity index (χ3n) is 5.47. The summed E-state index contributed by atoms with van der Waals surface area (Å²) in [5, 5.41) is 0.686. The lowest BCUT2D eigenvalue weighted by atomic mass is 10.0. The third kappa shape index (κ3) is 4.16. The molecule has 4 aromatic rings. The van der Waals surface area contributed by atoms with E-state index >= 15 is 0 Å². The number of aromatic nitrogens is 2. The van der Waals surface area contributed by atoms with Crippen LogP contribution in [0.25, 0.3) is 22.2 Å². The van der Waals surface area contributed by atoms with Gasteiger partial charge in [0.2, 0.25) is 5.78 Å². The number of aryl methyl sites for hydroxylation is 1. The Kier molecular flexibility index (Phi) is 5.74. The first kappa shape index (κ1) is 21.0. The Labute approximate surface area is 188 Å². The highest BCUT2D eigenvalue weighted by Gasteiger charge is 2.19. The number of hydrogen-bond donors (Lipinski definition) is 0. The first-order valence-corrected chi connectivity index (χ1v) is 10.6. The molecule has 0 N–H and O–H groups in total. The van der Waals surface area contributed by atoms with Crippen molar-refractivity contribution in [2.75, 3.05) is 6.61 Å². The van der Waals surface area contributed by atoms with Crippen LogP contribution in [-0.2, 0) is 11.8 Å². The first-order chi connectivity index (χ1) is 14.8. The molecule has 0 saturated heterocycles. The minimum atomic E-state index is -0.548. The summed E-state index contributed by atoms with van der Waals surface area (Å²) in [6.07, 6.45) is 0. The molecule has 0 radical (unpaired) electrons. The number of fused-ring (bicyclic) bond motifs is 1. The van der Waals surface area contributed by atoms with Crippen molar-refractivity contribution in [1.82, 2.24) is 9.55 Å². The number of benzene rings is 2. The molecule has 2 aromatic carbocycles. The van der Waals surface area contributed by atoms with Gasteiger partial charge in [-0.3, -0.25) is 4.79 Å². The molecule has 156 valence electrons. The van der Waals surface area contributed by atoms with E-state index in [9.17, 15) is 9.59 Å². The lowest BCUT2D eigenvalue weighted by molar-refractivity contribution is 0.0476. The van der Waals surface area contributed by atoms with Gasteiger partial charge in [-0.05, 0) is 44.2 Å². The maximum absolute atomic E-state index is 13.0. The van der Waals surface area contributed by atoms with Gasteiger partial charge in [-0.25, -0.2) is 9.78 Å². The number of esters is 1.